The van der Waals surface area contributed by atoms with Gasteiger partial charge in [0.2, 0.25) is 0 Å². The molecule has 3 heteroatoms. The number of hydrogen-bond donors (Lipinski definition) is 2. The van der Waals surface area contributed by atoms with Crippen molar-refractivity contribution in [1.29, 1.82) is 0 Å². The van der Waals surface area contributed by atoms with Crippen LogP contribution in [0.5, 0.6) is 0 Å². The van der Waals surface area contributed by atoms with Crippen LogP contribution in [-0.4, -0.2) is 0 Å². The molecule has 0 heterocycles. The molecule has 0 amide bonds. The number of nitrogen functional groups attached to an aromatic ring is 2. The third kappa shape index (κ3) is 2.67. The maximum Gasteiger partial charge on any atom is 0.0391 e. The van der Waals surface area contributed by atoms with Crippen LogP contribution in [0, 0.1) is 0 Å². The monoisotopic (exact) mass is 198 g/mol. The first-order valence-electron chi connectivity index (χ1n) is 3.93. The maximum atomic E-state index is 5.77. The highest BCUT2D eigenvalue weighted by Crippen LogP contribution is 2.23. The molecule has 0 aliphatic rings. The van der Waals surface area contributed by atoms with Crippen molar-refractivity contribution in [1.82, 2.24) is 0 Å². The van der Waals surface area contributed by atoms with Crippen molar-refractivity contribution in [2.75, 3.05) is 11.5 Å². The van der Waals surface area contributed by atoms with E-state index >= 15 is 0 Å². The van der Waals surface area contributed by atoms with Crippen LogP contribution in [0.4, 0.5) is 11.4 Å². The topological polar surface area (TPSA) is 52.0 Å². The standard InChI is InChI=1S/C10H14N2.ClH/c1-3-7(2)9-6-8(11)4-5-10(9)12;/h3-6H,11-12H2,1-2H3;1H/b7-3-;. The van der Waals surface area contributed by atoms with Crippen molar-refractivity contribution in [3.63, 3.8) is 0 Å². The number of halogens is 1. The summed E-state index contributed by atoms with van der Waals surface area (Å²) in [6.07, 6.45) is 2.02. The zero-order chi connectivity index (χ0) is 9.14. The summed E-state index contributed by atoms with van der Waals surface area (Å²) < 4.78 is 0. The molecule has 0 aromatic heterocycles. The summed E-state index contributed by atoms with van der Waals surface area (Å²) in [5.41, 5.74) is 15.1. The summed E-state index contributed by atoms with van der Waals surface area (Å²) in [5.74, 6) is 0. The van der Waals surface area contributed by atoms with Gasteiger partial charge in [0.05, 0.1) is 0 Å². The van der Waals surface area contributed by atoms with E-state index in [-0.39, 0.29) is 12.4 Å². The SMILES string of the molecule is C/C=C(/C)c1cc(N)ccc1N.Cl. The first-order chi connectivity index (χ1) is 5.65. The molecule has 0 aliphatic heterocycles. The third-order valence-electron chi connectivity index (χ3n) is 1.94. The molecular formula is C10H15ClN2. The lowest BCUT2D eigenvalue weighted by atomic mass is 10.0. The average molecular weight is 199 g/mol. The first-order valence-corrected chi connectivity index (χ1v) is 3.93. The molecule has 0 atom stereocenters. The van der Waals surface area contributed by atoms with Gasteiger partial charge in [0, 0.05) is 16.9 Å². The molecule has 4 N–H and O–H groups in total. The first kappa shape index (κ1) is 11.8. The van der Waals surface area contributed by atoms with Gasteiger partial charge in [0.25, 0.3) is 0 Å². The van der Waals surface area contributed by atoms with E-state index in [1.807, 2.05) is 38.1 Å². The minimum absolute atomic E-state index is 0. The third-order valence-corrected chi connectivity index (χ3v) is 1.94. The number of rotatable bonds is 1. The van der Waals surface area contributed by atoms with Crippen LogP contribution in [0.25, 0.3) is 5.57 Å². The molecule has 1 aromatic carbocycles. The Hall–Kier alpha value is -1.15. The van der Waals surface area contributed by atoms with Gasteiger partial charge in [0.1, 0.15) is 0 Å². The molecule has 13 heavy (non-hydrogen) atoms. The van der Waals surface area contributed by atoms with E-state index < -0.39 is 0 Å². The molecule has 1 rings (SSSR count). The second kappa shape index (κ2) is 4.77. The van der Waals surface area contributed by atoms with Gasteiger partial charge in [-0.15, -0.1) is 12.4 Å². The second-order valence-corrected chi connectivity index (χ2v) is 2.82. The molecule has 0 saturated heterocycles. The smallest absolute Gasteiger partial charge is 0.0391 e. The molecule has 0 aliphatic carbocycles. The van der Waals surface area contributed by atoms with Gasteiger partial charge in [-0.2, -0.15) is 0 Å². The molecule has 72 valence electrons. The number of anilines is 2. The van der Waals surface area contributed by atoms with E-state index in [0.29, 0.717) is 0 Å². The predicted octanol–water partition coefficient (Wildman–Crippen LogP) is 2.70. The van der Waals surface area contributed by atoms with Crippen molar-refractivity contribution in [2.24, 2.45) is 0 Å². The highest BCUT2D eigenvalue weighted by atomic mass is 35.5. The van der Waals surface area contributed by atoms with Gasteiger partial charge in [-0.05, 0) is 37.6 Å². The number of benzene rings is 1. The van der Waals surface area contributed by atoms with Crippen LogP contribution in [-0.2, 0) is 0 Å². The molecule has 0 radical (unpaired) electrons. The van der Waals surface area contributed by atoms with Gasteiger partial charge in [-0.25, -0.2) is 0 Å². The fraction of sp³-hybridized carbons (Fsp3) is 0.200. The van der Waals surface area contributed by atoms with Gasteiger partial charge in [-0.1, -0.05) is 6.08 Å². The highest BCUT2D eigenvalue weighted by molar-refractivity contribution is 5.85. The molecule has 2 nitrogen and oxygen atoms in total. The van der Waals surface area contributed by atoms with Crippen LogP contribution in [0.2, 0.25) is 0 Å². The molecule has 0 saturated carbocycles. The Balaban J connectivity index is 0.00000144. The van der Waals surface area contributed by atoms with E-state index in [0.717, 1.165) is 22.5 Å². The van der Waals surface area contributed by atoms with Crippen LogP contribution < -0.4 is 11.5 Å². The molecule has 0 fully saturated rings. The summed E-state index contributed by atoms with van der Waals surface area (Å²) in [4.78, 5) is 0. The van der Waals surface area contributed by atoms with Crippen LogP contribution in [0.15, 0.2) is 24.3 Å². The summed E-state index contributed by atoms with van der Waals surface area (Å²) in [5, 5.41) is 0. The van der Waals surface area contributed by atoms with Crippen molar-refractivity contribution in [2.45, 2.75) is 13.8 Å². The minimum atomic E-state index is 0. The van der Waals surface area contributed by atoms with E-state index in [4.69, 9.17) is 11.5 Å². The van der Waals surface area contributed by atoms with Crippen molar-refractivity contribution < 1.29 is 0 Å². The number of hydrogen-bond acceptors (Lipinski definition) is 2. The normalized spacial score (nSPS) is 10.8. The quantitative estimate of drug-likeness (QED) is 0.682. The number of allylic oxidation sites excluding steroid dienone is 2. The molecule has 0 bridgehead atoms. The molecule has 0 spiro atoms. The van der Waals surface area contributed by atoms with E-state index in [1.54, 1.807) is 0 Å². The average Bonchev–Trinajstić information content (AvgIpc) is 2.08. The summed E-state index contributed by atoms with van der Waals surface area (Å²) in [6, 6.07) is 5.53. The second-order valence-electron chi connectivity index (χ2n) is 2.82. The Labute approximate surface area is 85.0 Å². The molecule has 1 aromatic rings. The summed E-state index contributed by atoms with van der Waals surface area (Å²) in [6.45, 7) is 4.00. The predicted molar refractivity (Wildman–Crippen MR) is 61.8 cm³/mol. The Morgan fingerprint density at radius 3 is 2.46 bits per heavy atom. The van der Waals surface area contributed by atoms with E-state index in [2.05, 4.69) is 0 Å². The largest absolute Gasteiger partial charge is 0.399 e. The fourth-order valence-corrected chi connectivity index (χ4v) is 1.07. The van der Waals surface area contributed by atoms with E-state index in [9.17, 15) is 0 Å². The van der Waals surface area contributed by atoms with Crippen LogP contribution in [0.3, 0.4) is 0 Å². The van der Waals surface area contributed by atoms with Crippen LogP contribution in [0.1, 0.15) is 19.4 Å². The van der Waals surface area contributed by atoms with Gasteiger partial charge in [-0.3, -0.25) is 0 Å². The lowest BCUT2D eigenvalue weighted by Crippen LogP contribution is -1.94. The lowest BCUT2D eigenvalue weighted by molar-refractivity contribution is 1.53. The Kier molecular flexibility index (Phi) is 4.35. The lowest BCUT2D eigenvalue weighted by Gasteiger charge is -2.06. The summed E-state index contributed by atoms with van der Waals surface area (Å²) in [7, 11) is 0. The van der Waals surface area contributed by atoms with Gasteiger partial charge < -0.3 is 11.5 Å². The fourth-order valence-electron chi connectivity index (χ4n) is 1.07. The minimum Gasteiger partial charge on any atom is -0.399 e. The number of nitrogens with two attached hydrogens (primary N) is 2. The van der Waals surface area contributed by atoms with Crippen molar-refractivity contribution in [3.05, 3.63) is 29.8 Å². The van der Waals surface area contributed by atoms with Crippen LogP contribution >= 0.6 is 12.4 Å². The Morgan fingerprint density at radius 1 is 1.31 bits per heavy atom. The van der Waals surface area contributed by atoms with E-state index in [1.165, 1.54) is 0 Å². The summed E-state index contributed by atoms with van der Waals surface area (Å²) >= 11 is 0. The highest BCUT2D eigenvalue weighted by Gasteiger charge is 1.99. The van der Waals surface area contributed by atoms with Crippen molar-refractivity contribution in [3.8, 4) is 0 Å². The zero-order valence-electron chi connectivity index (χ0n) is 7.87. The maximum absolute atomic E-state index is 5.77. The Bertz CT molecular complexity index is 319. The van der Waals surface area contributed by atoms with Gasteiger partial charge >= 0.3 is 0 Å². The molecular weight excluding hydrogens is 184 g/mol. The van der Waals surface area contributed by atoms with Crippen molar-refractivity contribution >= 4 is 29.4 Å². The zero-order valence-corrected chi connectivity index (χ0v) is 8.69. The Morgan fingerprint density at radius 2 is 1.92 bits per heavy atom. The van der Waals surface area contributed by atoms with Gasteiger partial charge in [0.15, 0.2) is 0 Å². The molecule has 0 unspecified atom stereocenters.